The minimum atomic E-state index is -3.01. The van der Waals surface area contributed by atoms with Gasteiger partial charge in [0, 0.05) is 48.6 Å². The summed E-state index contributed by atoms with van der Waals surface area (Å²) >= 11 is 0. The van der Waals surface area contributed by atoms with Crippen LogP contribution in [0.2, 0.25) is 18.1 Å². The summed E-state index contributed by atoms with van der Waals surface area (Å²) in [5, 5.41) is 30.5. The third-order valence-electron chi connectivity index (χ3n) is 19.8. The Kier molecular flexibility index (Phi) is 30.7. The number of aliphatic hydroxyl groups excluding tert-OH is 1. The topological polar surface area (TPSA) is 297 Å². The Hall–Kier alpha value is -5.99. The van der Waals surface area contributed by atoms with E-state index in [1.807, 2.05) is 52.1 Å². The normalized spacial score (nSPS) is 25.1. The zero-order chi connectivity index (χ0) is 73.6. The van der Waals surface area contributed by atoms with E-state index in [1.54, 1.807) is 127 Å². The van der Waals surface area contributed by atoms with Crippen LogP contribution in [0.25, 0.3) is 0 Å². The molecule has 1 saturated heterocycles. The highest BCUT2D eigenvalue weighted by Gasteiger charge is 2.78. The largest absolute Gasteiger partial charge is 0.460 e. The molecule has 1 amide bonds. The molecule has 2 bridgehead atoms. The number of carbonyl (C=O) groups excluding carboxylic acids is 6. The van der Waals surface area contributed by atoms with Crippen molar-refractivity contribution in [1.82, 2.24) is 10.3 Å². The van der Waals surface area contributed by atoms with Crippen molar-refractivity contribution in [1.29, 1.82) is 0 Å². The molecule has 2 heterocycles. The number of hydrogen-bond donors (Lipinski definition) is 3. The molecule has 27 heteroatoms. The molecule has 3 aromatic carbocycles. The molecular weight excluding hydrogens is 1370 g/mol. The van der Waals surface area contributed by atoms with Crippen LogP contribution in [0.4, 0.5) is 0 Å². The molecule has 3 aliphatic carbocycles. The Labute approximate surface area is 607 Å². The van der Waals surface area contributed by atoms with E-state index in [4.69, 9.17) is 66.0 Å². The first-order valence-corrected chi connectivity index (χ1v) is 40.1. The van der Waals surface area contributed by atoms with Crippen LogP contribution in [0.5, 0.6) is 0 Å². The second-order valence-corrected chi connectivity index (χ2v) is 35.1. The zero-order valence-corrected chi connectivity index (χ0v) is 62.9. The summed E-state index contributed by atoms with van der Waals surface area (Å²) in [5.41, 5.74) is -7.35. The molecule has 1 aromatic heterocycles. The monoisotopic (exact) mass is 1470 g/mol. The molecule has 11 atom stereocenters. The van der Waals surface area contributed by atoms with Gasteiger partial charge in [0.2, 0.25) is 5.78 Å². The maximum absolute atomic E-state index is 16.4. The molecule has 0 radical (unpaired) electrons. The third-order valence-corrected chi connectivity index (χ3v) is 26.5. The van der Waals surface area contributed by atoms with Gasteiger partial charge in [0.05, 0.1) is 148 Å². The van der Waals surface area contributed by atoms with E-state index in [1.165, 1.54) is 26.0 Å². The molecule has 3 fully saturated rings. The highest BCUT2D eigenvalue weighted by Crippen LogP contribution is 2.65. The summed E-state index contributed by atoms with van der Waals surface area (Å²) < 4.78 is 84.2. The molecule has 8 rings (SSSR count). The molecule has 560 valence electrons. The van der Waals surface area contributed by atoms with E-state index >= 15 is 9.59 Å². The van der Waals surface area contributed by atoms with Crippen molar-refractivity contribution in [3.05, 3.63) is 143 Å². The van der Waals surface area contributed by atoms with Crippen molar-refractivity contribution < 1.29 is 105 Å². The van der Waals surface area contributed by atoms with Gasteiger partial charge in [-0.2, -0.15) is 0 Å². The minimum Gasteiger partial charge on any atom is -0.460 e. The molecule has 4 aliphatic rings. The quantitative estimate of drug-likeness (QED) is 0.0122. The first kappa shape index (κ1) is 81.7. The number of carbonyl (C=O) groups is 6. The van der Waals surface area contributed by atoms with E-state index in [9.17, 15) is 29.4 Å². The van der Waals surface area contributed by atoms with Gasteiger partial charge in [0.25, 0.3) is 5.91 Å². The summed E-state index contributed by atoms with van der Waals surface area (Å²) in [4.78, 5) is 93.6. The number of benzene rings is 3. The van der Waals surface area contributed by atoms with Crippen molar-refractivity contribution in [2.24, 2.45) is 22.7 Å². The number of esters is 4. The van der Waals surface area contributed by atoms with Gasteiger partial charge in [-0.25, -0.2) is 14.6 Å². The fraction of sp³-hybridized carbons (Fsp3) is 0.587. The lowest BCUT2D eigenvalue weighted by Gasteiger charge is -2.67. The molecule has 3 N–H and O–H groups in total. The van der Waals surface area contributed by atoms with Gasteiger partial charge in [-0.1, -0.05) is 125 Å². The third kappa shape index (κ3) is 20.7. The van der Waals surface area contributed by atoms with Crippen molar-refractivity contribution >= 4 is 65.5 Å². The highest BCUT2D eigenvalue weighted by molar-refractivity contribution is 8.76. The number of Topliss-reactive ketones (excluding diaryl/α,β-unsaturated/α-hetero) is 1. The van der Waals surface area contributed by atoms with E-state index in [-0.39, 0.29) is 63.6 Å². The van der Waals surface area contributed by atoms with Gasteiger partial charge in [0.1, 0.15) is 28.9 Å². The van der Waals surface area contributed by atoms with Crippen LogP contribution >= 0.6 is 21.6 Å². The predicted molar refractivity (Wildman–Crippen MR) is 382 cm³/mol. The molecular formula is C75H102N2O22S2Si. The lowest BCUT2D eigenvalue weighted by atomic mass is 9.45. The average molecular weight is 1480 g/mol. The summed E-state index contributed by atoms with van der Waals surface area (Å²) in [6.45, 7) is 22.5. The number of allylic oxidation sites excluding steroid dienone is 1. The zero-order valence-electron chi connectivity index (χ0n) is 60.3. The highest BCUT2D eigenvalue weighted by atomic mass is 33.1. The Morgan fingerprint density at radius 1 is 0.696 bits per heavy atom. The van der Waals surface area contributed by atoms with Gasteiger partial charge in [-0.3, -0.25) is 19.2 Å². The molecule has 2 saturated carbocycles. The van der Waals surface area contributed by atoms with E-state index in [2.05, 4.69) is 10.3 Å². The number of hydrogen-bond acceptors (Lipinski definition) is 25. The predicted octanol–water partition coefficient (Wildman–Crippen LogP) is 9.31. The van der Waals surface area contributed by atoms with Crippen LogP contribution in [0.3, 0.4) is 0 Å². The average Bonchev–Trinajstić information content (AvgIpc) is 0.669. The summed E-state index contributed by atoms with van der Waals surface area (Å²) in [5.74, 6) is -7.49. The molecule has 1 aliphatic heterocycles. The first-order valence-electron chi connectivity index (χ1n) is 34.9. The number of aromatic nitrogens is 1. The number of aliphatic hydroxyl groups is 2. The van der Waals surface area contributed by atoms with Gasteiger partial charge in [-0.05, 0) is 83.4 Å². The van der Waals surface area contributed by atoms with Crippen molar-refractivity contribution in [3.8, 4) is 0 Å². The van der Waals surface area contributed by atoms with Crippen LogP contribution < -0.4 is 5.32 Å². The van der Waals surface area contributed by atoms with E-state index in [0.717, 1.165) is 10.8 Å². The number of ether oxygens (including phenoxy) is 13. The fourth-order valence-electron chi connectivity index (χ4n) is 13.2. The number of fused-ring (bicyclic) bond motifs is 5. The molecule has 4 aromatic rings. The summed E-state index contributed by atoms with van der Waals surface area (Å²) in [6, 6.07) is 30.0. The summed E-state index contributed by atoms with van der Waals surface area (Å²) in [6.07, 6.45) is -6.98. The first-order chi connectivity index (χ1) is 48.8. The number of amides is 1. The lowest BCUT2D eigenvalue weighted by Crippen LogP contribution is -2.81. The Bertz CT molecular complexity index is 3370. The van der Waals surface area contributed by atoms with Crippen LogP contribution in [0.15, 0.2) is 132 Å². The SMILES string of the molecule is CC(=O)O[C@@]12COC1C[C@H](O)[C@@]1(C)C(=O)/C(OC(=O)CCOCCOCCOCCOCCOCCOCCOCCOCCSSc3ccccn3)=C3/C(C)C(OC(=O)[C@H](O[Si](C)(C)C(C)(C)C)C(NC(=O)c4ccccc4)c4ccccc4)C[C@@](O)([C@@H](OC(=O)c4ccccc4)[C@@H]12)C3(C)C. The van der Waals surface area contributed by atoms with Crippen molar-refractivity contribution in [2.45, 2.75) is 146 Å². The number of rotatable bonds is 41. The smallest absolute Gasteiger partial charge is 0.338 e. The van der Waals surface area contributed by atoms with E-state index in [0.29, 0.717) is 83.8 Å². The molecule has 0 spiro atoms. The standard InChI is InChI=1S/C75H102N2O22S2Si/c1-51-56(95-70(84)64(99-102(9,10)71(3,4)5)62(53-22-14-11-15-23-53)77-68(82)54-24-16-12-17-25-54)49-75(85)67(97-69(83)55-26-18-13-19-27-55)65-73(8,57(79)48-58-74(65,50-94-58)98-52(2)78)66(81)63(61(51)72(75,6)7)96-60(80)29-31-86-32-33-87-34-35-88-36-37-89-38-39-90-40-41-91-42-43-92-44-45-93-46-47-100-101-59-28-20-21-30-76-59/h11-28,30,51,56-58,62,64-65,67,79,85H,29,31-50H2,1-10H3,(H,77,82)/b63-61+/t51?,56?,57-,58?,62?,64+,65-,67-,73+,74-,75+/m0/s1. The van der Waals surface area contributed by atoms with Crippen LogP contribution in [-0.4, -0.2) is 219 Å². The maximum Gasteiger partial charge on any atom is 0.338 e. The van der Waals surface area contributed by atoms with Gasteiger partial charge in [0.15, 0.2) is 25.8 Å². The minimum absolute atomic E-state index is 0.00347. The Morgan fingerprint density at radius 3 is 1.71 bits per heavy atom. The number of ketones is 1. The van der Waals surface area contributed by atoms with E-state index < -0.39 is 132 Å². The van der Waals surface area contributed by atoms with Gasteiger partial charge >= 0.3 is 23.9 Å². The molecule has 102 heavy (non-hydrogen) atoms. The number of nitrogens with one attached hydrogen (secondary N) is 1. The second-order valence-electron chi connectivity index (χ2n) is 27.9. The molecule has 24 nitrogen and oxygen atoms in total. The lowest BCUT2D eigenvalue weighted by molar-refractivity contribution is -0.345. The van der Waals surface area contributed by atoms with Crippen LogP contribution in [-0.2, 0) is 85.2 Å². The maximum atomic E-state index is 16.4. The number of nitrogens with zero attached hydrogens (tertiary/aromatic N) is 1. The fourth-order valence-corrected chi connectivity index (χ4v) is 16.2. The molecule has 4 unspecified atom stereocenters. The van der Waals surface area contributed by atoms with Crippen molar-refractivity contribution in [3.63, 3.8) is 0 Å². The van der Waals surface area contributed by atoms with Crippen molar-refractivity contribution in [2.75, 3.05) is 118 Å². The van der Waals surface area contributed by atoms with Gasteiger partial charge < -0.3 is 81.5 Å². The second kappa shape index (κ2) is 38.3. The Morgan fingerprint density at radius 2 is 1.21 bits per heavy atom. The van der Waals surface area contributed by atoms with Crippen LogP contribution in [0, 0.1) is 22.7 Å². The Balaban J connectivity index is 0.914. The van der Waals surface area contributed by atoms with Gasteiger partial charge in [-0.15, -0.1) is 0 Å². The summed E-state index contributed by atoms with van der Waals surface area (Å²) in [7, 11) is 0.321. The van der Waals surface area contributed by atoms with Crippen LogP contribution in [0.1, 0.15) is 107 Å². The number of pyridine rings is 1.